The van der Waals surface area contributed by atoms with Gasteiger partial charge in [0.2, 0.25) is 5.12 Å². The second-order valence-electron chi connectivity index (χ2n) is 4.77. The molecule has 0 bridgehead atoms. The van der Waals surface area contributed by atoms with Gasteiger partial charge in [0, 0.05) is 29.5 Å². The maximum atomic E-state index is 12.2. The van der Waals surface area contributed by atoms with Gasteiger partial charge in [0.25, 0.3) is 16.8 Å². The molecule has 2 aromatic carbocycles. The fourth-order valence-electron chi connectivity index (χ4n) is 2.07. The summed E-state index contributed by atoms with van der Waals surface area (Å²) in [5, 5.41) is 18.1. The van der Waals surface area contributed by atoms with Crippen molar-refractivity contribution in [1.82, 2.24) is 10.2 Å². The molecule has 0 N–H and O–H groups in total. The zero-order chi connectivity index (χ0) is 17.8. The number of benzene rings is 2. The molecule has 126 valence electrons. The number of carbonyl (C=O) groups is 1. The molecule has 0 aliphatic rings. The third kappa shape index (κ3) is 3.66. The van der Waals surface area contributed by atoms with E-state index in [2.05, 4.69) is 10.2 Å². The lowest BCUT2D eigenvalue weighted by atomic mass is 10.2. The summed E-state index contributed by atoms with van der Waals surface area (Å²) in [5.74, 6) is 0.777. The first-order chi connectivity index (χ1) is 12.1. The normalized spacial score (nSPS) is 10.4. The zero-order valence-electron chi connectivity index (χ0n) is 12.9. The van der Waals surface area contributed by atoms with Gasteiger partial charge in [-0.3, -0.25) is 14.9 Å². The minimum atomic E-state index is -0.562. The van der Waals surface area contributed by atoms with Gasteiger partial charge < -0.3 is 9.15 Å². The molecule has 0 aliphatic carbocycles. The fraction of sp³-hybridized carbons (Fsp3) is 0.0625. The summed E-state index contributed by atoms with van der Waals surface area (Å²) in [4.78, 5) is 22.5. The van der Waals surface area contributed by atoms with Crippen LogP contribution in [0.5, 0.6) is 5.75 Å². The summed E-state index contributed by atoms with van der Waals surface area (Å²) in [7, 11) is 1.52. The Morgan fingerprint density at radius 2 is 2.00 bits per heavy atom. The van der Waals surface area contributed by atoms with Gasteiger partial charge in [0.1, 0.15) is 5.75 Å². The van der Waals surface area contributed by atoms with Crippen LogP contribution in [0, 0.1) is 10.1 Å². The maximum Gasteiger partial charge on any atom is 0.284 e. The number of non-ortho nitro benzene ring substituents is 1. The zero-order valence-corrected chi connectivity index (χ0v) is 13.7. The predicted octanol–water partition coefficient (Wildman–Crippen LogP) is 3.59. The first kappa shape index (κ1) is 16.7. The van der Waals surface area contributed by atoms with E-state index in [0.29, 0.717) is 23.1 Å². The largest absolute Gasteiger partial charge is 0.496 e. The van der Waals surface area contributed by atoms with Crippen LogP contribution in [0.1, 0.15) is 10.4 Å². The van der Waals surface area contributed by atoms with Crippen molar-refractivity contribution < 1.29 is 18.9 Å². The number of nitro benzene ring substituents is 1. The molecule has 0 saturated carbocycles. The van der Waals surface area contributed by atoms with E-state index in [1.54, 1.807) is 24.3 Å². The van der Waals surface area contributed by atoms with Gasteiger partial charge in [-0.05, 0) is 18.2 Å². The third-order valence-electron chi connectivity index (χ3n) is 3.22. The van der Waals surface area contributed by atoms with Crippen molar-refractivity contribution in [3.05, 3.63) is 64.2 Å². The number of methoxy groups -OCH3 is 1. The van der Waals surface area contributed by atoms with E-state index in [1.165, 1.54) is 31.4 Å². The third-order valence-corrected chi connectivity index (χ3v) is 3.98. The standard InChI is InChI=1S/C16H11N3O5S/c1-23-13-8-3-2-7-12(13)14-17-18-16(24-14)25-15(20)10-5-4-6-11(9-10)19(21)22/h2-9H,1H3. The molecule has 0 saturated heterocycles. The molecule has 0 radical (unpaired) electrons. The molecule has 9 heteroatoms. The van der Waals surface area contributed by atoms with Crippen molar-refractivity contribution in [2.24, 2.45) is 0 Å². The molecule has 3 rings (SSSR count). The quantitative estimate of drug-likeness (QED) is 0.387. The van der Waals surface area contributed by atoms with Crippen molar-refractivity contribution in [3.63, 3.8) is 0 Å². The topological polar surface area (TPSA) is 108 Å². The Balaban J connectivity index is 1.80. The Labute approximate surface area is 146 Å². The van der Waals surface area contributed by atoms with Crippen LogP contribution in [0.4, 0.5) is 5.69 Å². The van der Waals surface area contributed by atoms with E-state index in [-0.39, 0.29) is 22.4 Å². The average Bonchev–Trinajstić information content (AvgIpc) is 3.10. The van der Waals surface area contributed by atoms with E-state index < -0.39 is 10.0 Å². The van der Waals surface area contributed by atoms with Gasteiger partial charge in [-0.25, -0.2) is 0 Å². The molecule has 25 heavy (non-hydrogen) atoms. The first-order valence-corrected chi connectivity index (χ1v) is 7.83. The summed E-state index contributed by atoms with van der Waals surface area (Å²) in [6.45, 7) is 0. The van der Waals surface area contributed by atoms with E-state index >= 15 is 0 Å². The minimum absolute atomic E-state index is 0.0393. The number of hydrogen-bond donors (Lipinski definition) is 0. The number of nitrogens with zero attached hydrogens (tertiary/aromatic N) is 3. The lowest BCUT2D eigenvalue weighted by molar-refractivity contribution is -0.384. The molecule has 3 aromatic rings. The van der Waals surface area contributed by atoms with Gasteiger partial charge in [-0.2, -0.15) is 0 Å². The van der Waals surface area contributed by atoms with Crippen LogP contribution in [0.2, 0.25) is 0 Å². The minimum Gasteiger partial charge on any atom is -0.496 e. The number of rotatable bonds is 5. The second kappa shape index (κ2) is 7.14. The Morgan fingerprint density at radius 1 is 1.20 bits per heavy atom. The van der Waals surface area contributed by atoms with Crippen LogP contribution in [0.25, 0.3) is 11.5 Å². The van der Waals surface area contributed by atoms with Crippen LogP contribution in [0.15, 0.2) is 58.2 Å². The van der Waals surface area contributed by atoms with E-state index in [9.17, 15) is 14.9 Å². The molecular weight excluding hydrogens is 346 g/mol. The van der Waals surface area contributed by atoms with E-state index in [4.69, 9.17) is 9.15 Å². The number of carbonyl (C=O) groups excluding carboxylic acids is 1. The summed E-state index contributed by atoms with van der Waals surface area (Å²) < 4.78 is 10.7. The Hall–Kier alpha value is -3.20. The molecule has 0 fully saturated rings. The molecule has 1 heterocycles. The lowest BCUT2D eigenvalue weighted by Gasteiger charge is -2.03. The summed E-state index contributed by atoms with van der Waals surface area (Å²) in [6.07, 6.45) is 0. The number of nitro groups is 1. The summed E-state index contributed by atoms with van der Waals surface area (Å²) >= 11 is 0.703. The molecule has 0 atom stereocenters. The monoisotopic (exact) mass is 357 g/mol. The first-order valence-electron chi connectivity index (χ1n) is 7.02. The van der Waals surface area contributed by atoms with E-state index in [0.717, 1.165) is 0 Å². The predicted molar refractivity (Wildman–Crippen MR) is 89.6 cm³/mol. The van der Waals surface area contributed by atoms with Crippen molar-refractivity contribution in [2.75, 3.05) is 7.11 Å². The number of para-hydroxylation sites is 1. The highest BCUT2D eigenvalue weighted by Gasteiger charge is 2.18. The Morgan fingerprint density at radius 3 is 2.76 bits per heavy atom. The smallest absolute Gasteiger partial charge is 0.284 e. The van der Waals surface area contributed by atoms with Crippen molar-refractivity contribution in [3.8, 4) is 17.2 Å². The Bertz CT molecular complexity index is 941. The highest BCUT2D eigenvalue weighted by atomic mass is 32.2. The van der Waals surface area contributed by atoms with Gasteiger partial charge >= 0.3 is 0 Å². The van der Waals surface area contributed by atoms with E-state index in [1.807, 2.05) is 0 Å². The van der Waals surface area contributed by atoms with Crippen LogP contribution in [-0.2, 0) is 0 Å². The summed E-state index contributed by atoms with van der Waals surface area (Å²) in [6, 6.07) is 12.5. The van der Waals surface area contributed by atoms with Gasteiger partial charge in [0.05, 0.1) is 17.6 Å². The Kier molecular flexibility index (Phi) is 4.75. The number of ether oxygens (including phenoxy) is 1. The highest BCUT2D eigenvalue weighted by molar-refractivity contribution is 8.14. The van der Waals surface area contributed by atoms with Crippen LogP contribution in [0.3, 0.4) is 0 Å². The van der Waals surface area contributed by atoms with Gasteiger partial charge in [0.15, 0.2) is 0 Å². The highest BCUT2D eigenvalue weighted by Crippen LogP contribution is 2.31. The SMILES string of the molecule is COc1ccccc1-c1nnc(SC(=O)c2cccc([N+](=O)[O-])c2)o1. The van der Waals surface area contributed by atoms with Crippen molar-refractivity contribution in [2.45, 2.75) is 5.22 Å². The molecule has 0 aliphatic heterocycles. The number of aromatic nitrogens is 2. The maximum absolute atomic E-state index is 12.2. The average molecular weight is 357 g/mol. The van der Waals surface area contributed by atoms with Gasteiger partial charge in [-0.1, -0.05) is 18.2 Å². The second-order valence-corrected chi connectivity index (χ2v) is 5.69. The molecule has 0 unspecified atom stereocenters. The van der Waals surface area contributed by atoms with Crippen molar-refractivity contribution >= 4 is 22.6 Å². The summed E-state index contributed by atoms with van der Waals surface area (Å²) in [5.41, 5.74) is 0.620. The molecule has 0 spiro atoms. The molecule has 1 aromatic heterocycles. The number of hydrogen-bond acceptors (Lipinski definition) is 8. The number of thioether (sulfide) groups is 1. The molecule has 8 nitrogen and oxygen atoms in total. The van der Waals surface area contributed by atoms with Gasteiger partial charge in [-0.15, -0.1) is 10.2 Å². The molecular formula is C16H11N3O5S. The lowest BCUT2D eigenvalue weighted by Crippen LogP contribution is -1.95. The van der Waals surface area contributed by atoms with Crippen LogP contribution >= 0.6 is 11.8 Å². The molecule has 0 amide bonds. The van der Waals surface area contributed by atoms with Crippen molar-refractivity contribution in [1.29, 1.82) is 0 Å². The fourth-order valence-corrected chi connectivity index (χ4v) is 2.67. The van der Waals surface area contributed by atoms with Crippen LogP contribution < -0.4 is 4.74 Å². The van der Waals surface area contributed by atoms with Crippen LogP contribution in [-0.4, -0.2) is 27.3 Å².